The number of rotatable bonds is 6. The summed E-state index contributed by atoms with van der Waals surface area (Å²) in [6, 6.07) is 4.99. The summed E-state index contributed by atoms with van der Waals surface area (Å²) in [6.07, 6.45) is 3.71. The number of ether oxygens (including phenoxy) is 1. The summed E-state index contributed by atoms with van der Waals surface area (Å²) in [5.74, 6) is 0.739. The molecule has 0 spiro atoms. The second-order valence-corrected chi connectivity index (χ2v) is 9.56. The van der Waals surface area contributed by atoms with Crippen molar-refractivity contribution in [1.82, 2.24) is 14.1 Å². The summed E-state index contributed by atoms with van der Waals surface area (Å²) in [5, 5.41) is 0. The van der Waals surface area contributed by atoms with Crippen LogP contribution in [0.1, 0.15) is 31.2 Å². The van der Waals surface area contributed by atoms with Crippen LogP contribution in [0.2, 0.25) is 0 Å². The van der Waals surface area contributed by atoms with Crippen LogP contribution in [0, 0.1) is 0 Å². The molecule has 1 aromatic carbocycles. The van der Waals surface area contributed by atoms with Gasteiger partial charge in [0.25, 0.3) is 0 Å². The van der Waals surface area contributed by atoms with E-state index < -0.39 is 10.0 Å². The number of carbonyl (C=O) groups is 1. The fourth-order valence-electron chi connectivity index (χ4n) is 3.82. The summed E-state index contributed by atoms with van der Waals surface area (Å²) < 4.78 is 32.9. The van der Waals surface area contributed by atoms with Crippen LogP contribution in [0.15, 0.2) is 23.1 Å². The zero-order chi connectivity index (χ0) is 20.1. The molecule has 2 fully saturated rings. The van der Waals surface area contributed by atoms with Gasteiger partial charge in [-0.3, -0.25) is 4.79 Å². The van der Waals surface area contributed by atoms with Crippen LogP contribution in [0.4, 0.5) is 0 Å². The van der Waals surface area contributed by atoms with Gasteiger partial charge < -0.3 is 14.5 Å². The fourth-order valence-corrected chi connectivity index (χ4v) is 5.39. The maximum absolute atomic E-state index is 13.0. The van der Waals surface area contributed by atoms with Crippen LogP contribution in [0.25, 0.3) is 0 Å². The smallest absolute Gasteiger partial charge is 0.243 e. The maximum Gasteiger partial charge on any atom is 0.243 e. The Morgan fingerprint density at radius 1 is 1.04 bits per heavy atom. The van der Waals surface area contributed by atoms with Crippen LogP contribution in [-0.2, 0) is 21.2 Å². The van der Waals surface area contributed by atoms with E-state index in [2.05, 4.69) is 11.9 Å². The van der Waals surface area contributed by atoms with Crippen molar-refractivity contribution in [2.75, 3.05) is 53.4 Å². The van der Waals surface area contributed by atoms with Crippen molar-refractivity contribution in [3.05, 3.63) is 23.8 Å². The van der Waals surface area contributed by atoms with Gasteiger partial charge in [-0.15, -0.1) is 0 Å². The Morgan fingerprint density at radius 3 is 2.36 bits per heavy atom. The molecule has 2 aliphatic rings. The Kier molecular flexibility index (Phi) is 6.95. The van der Waals surface area contributed by atoms with Crippen molar-refractivity contribution in [3.63, 3.8) is 0 Å². The third-order valence-corrected chi connectivity index (χ3v) is 7.56. The molecule has 0 unspecified atom stereocenters. The number of carbonyl (C=O) groups excluding carboxylic acids is 1. The van der Waals surface area contributed by atoms with Gasteiger partial charge in [0.1, 0.15) is 5.75 Å². The Labute approximate surface area is 168 Å². The van der Waals surface area contributed by atoms with Gasteiger partial charge in [0.05, 0.1) is 12.0 Å². The highest BCUT2D eigenvalue weighted by molar-refractivity contribution is 7.89. The largest absolute Gasteiger partial charge is 0.496 e. The summed E-state index contributed by atoms with van der Waals surface area (Å²) in [5.41, 5.74) is 0.767. The molecule has 0 bridgehead atoms. The number of sulfonamides is 1. The Balaban J connectivity index is 1.71. The van der Waals surface area contributed by atoms with Crippen LogP contribution >= 0.6 is 0 Å². The van der Waals surface area contributed by atoms with Gasteiger partial charge in [-0.25, -0.2) is 8.42 Å². The van der Waals surface area contributed by atoms with Crippen LogP contribution in [0.3, 0.4) is 0 Å². The van der Waals surface area contributed by atoms with Gasteiger partial charge in [-0.2, -0.15) is 4.31 Å². The van der Waals surface area contributed by atoms with E-state index in [9.17, 15) is 13.2 Å². The third kappa shape index (κ3) is 4.85. The van der Waals surface area contributed by atoms with Gasteiger partial charge in [0.15, 0.2) is 0 Å². The fraction of sp³-hybridized carbons (Fsp3) is 0.650. The standard InChI is InChI=1S/C20H31N3O4S/c1-21-12-14-22(15-13-21)20(24)9-6-17-16-18(7-8-19(17)27-2)28(25,26)23-10-4-3-5-11-23/h7-8,16H,3-6,9-15H2,1-2H3. The predicted octanol–water partition coefficient (Wildman–Crippen LogP) is 1.58. The van der Waals surface area contributed by atoms with E-state index in [1.807, 2.05) is 4.90 Å². The molecule has 2 heterocycles. The Bertz CT molecular complexity index is 783. The number of benzene rings is 1. The topological polar surface area (TPSA) is 70.2 Å². The van der Waals surface area contributed by atoms with Crippen molar-refractivity contribution < 1.29 is 17.9 Å². The van der Waals surface area contributed by atoms with Crippen molar-refractivity contribution in [2.45, 2.75) is 37.0 Å². The molecule has 28 heavy (non-hydrogen) atoms. The lowest BCUT2D eigenvalue weighted by molar-refractivity contribution is -0.132. The number of aryl methyl sites for hydroxylation is 1. The lowest BCUT2D eigenvalue weighted by atomic mass is 10.1. The molecular formula is C20H31N3O4S. The number of hydrogen-bond acceptors (Lipinski definition) is 5. The molecule has 156 valence electrons. The molecule has 0 N–H and O–H groups in total. The molecule has 1 aromatic rings. The number of piperidine rings is 1. The van der Waals surface area contributed by atoms with Crippen LogP contribution < -0.4 is 4.74 Å². The minimum Gasteiger partial charge on any atom is -0.496 e. The minimum absolute atomic E-state index is 0.111. The number of hydrogen-bond donors (Lipinski definition) is 0. The second-order valence-electron chi connectivity index (χ2n) is 7.62. The molecule has 8 heteroatoms. The van der Waals surface area contributed by atoms with Crippen molar-refractivity contribution in [3.8, 4) is 5.75 Å². The molecule has 0 atom stereocenters. The number of methoxy groups -OCH3 is 1. The van der Waals surface area contributed by atoms with Crippen molar-refractivity contribution >= 4 is 15.9 Å². The lowest BCUT2D eigenvalue weighted by Gasteiger charge is -2.32. The summed E-state index contributed by atoms with van der Waals surface area (Å²) in [4.78, 5) is 16.9. The van der Waals surface area contributed by atoms with Crippen molar-refractivity contribution in [1.29, 1.82) is 0 Å². The molecule has 3 rings (SSSR count). The highest BCUT2D eigenvalue weighted by atomic mass is 32.2. The van der Waals surface area contributed by atoms with E-state index in [1.165, 1.54) is 0 Å². The molecule has 0 saturated carbocycles. The zero-order valence-corrected chi connectivity index (χ0v) is 17.7. The predicted molar refractivity (Wildman–Crippen MR) is 108 cm³/mol. The molecule has 0 aliphatic carbocycles. The zero-order valence-electron chi connectivity index (χ0n) is 16.9. The number of likely N-dealkylation sites (N-methyl/N-ethyl adjacent to an activating group) is 1. The molecular weight excluding hydrogens is 378 g/mol. The van der Waals surface area contributed by atoms with E-state index in [1.54, 1.807) is 29.6 Å². The van der Waals surface area contributed by atoms with E-state index >= 15 is 0 Å². The first kappa shape index (κ1) is 21.1. The molecule has 0 aromatic heterocycles. The molecule has 0 radical (unpaired) electrons. The first-order valence-corrected chi connectivity index (χ1v) is 11.5. The Morgan fingerprint density at radius 2 is 1.71 bits per heavy atom. The maximum atomic E-state index is 13.0. The van der Waals surface area contributed by atoms with Crippen LogP contribution in [0.5, 0.6) is 5.75 Å². The summed E-state index contributed by atoms with van der Waals surface area (Å²) >= 11 is 0. The quantitative estimate of drug-likeness (QED) is 0.713. The van der Waals surface area contributed by atoms with E-state index in [-0.39, 0.29) is 10.8 Å². The Hall–Kier alpha value is -1.64. The van der Waals surface area contributed by atoms with Gasteiger partial charge in [-0.05, 0) is 50.1 Å². The summed E-state index contributed by atoms with van der Waals surface area (Å²) in [6.45, 7) is 4.42. The lowest BCUT2D eigenvalue weighted by Crippen LogP contribution is -2.47. The number of amides is 1. The van der Waals surface area contributed by atoms with Crippen LogP contribution in [-0.4, -0.2) is 81.9 Å². The number of nitrogens with zero attached hydrogens (tertiary/aromatic N) is 3. The second kappa shape index (κ2) is 9.24. The van der Waals surface area contributed by atoms with Gasteiger partial charge in [-0.1, -0.05) is 6.42 Å². The summed E-state index contributed by atoms with van der Waals surface area (Å²) in [7, 11) is 0.128. The molecule has 1 amide bonds. The van der Waals surface area contributed by atoms with Gasteiger partial charge in [0, 0.05) is 45.7 Å². The first-order chi connectivity index (χ1) is 13.4. The number of piperazine rings is 1. The average Bonchev–Trinajstić information content (AvgIpc) is 2.73. The van der Waals surface area contributed by atoms with E-state index in [0.29, 0.717) is 31.7 Å². The van der Waals surface area contributed by atoms with Gasteiger partial charge >= 0.3 is 0 Å². The first-order valence-electron chi connectivity index (χ1n) is 10.0. The minimum atomic E-state index is -3.50. The molecule has 2 saturated heterocycles. The van der Waals surface area contributed by atoms with Gasteiger partial charge in [0.2, 0.25) is 15.9 Å². The van der Waals surface area contributed by atoms with E-state index in [4.69, 9.17) is 4.74 Å². The molecule has 7 nitrogen and oxygen atoms in total. The van der Waals surface area contributed by atoms with E-state index in [0.717, 1.165) is 51.0 Å². The normalized spacial score (nSPS) is 19.6. The highest BCUT2D eigenvalue weighted by Gasteiger charge is 2.27. The highest BCUT2D eigenvalue weighted by Crippen LogP contribution is 2.27. The average molecular weight is 410 g/mol. The monoisotopic (exact) mass is 409 g/mol. The van der Waals surface area contributed by atoms with Crippen molar-refractivity contribution in [2.24, 2.45) is 0 Å². The molecule has 2 aliphatic heterocycles. The third-order valence-electron chi connectivity index (χ3n) is 5.67. The SMILES string of the molecule is COc1ccc(S(=O)(=O)N2CCCCC2)cc1CCC(=O)N1CCN(C)CC1.